The fourth-order valence-corrected chi connectivity index (χ4v) is 4.30. The van der Waals surface area contributed by atoms with Crippen LogP contribution in [-0.2, 0) is 7.05 Å². The minimum absolute atomic E-state index is 0.0291. The summed E-state index contributed by atoms with van der Waals surface area (Å²) in [6.45, 7) is 0. The summed E-state index contributed by atoms with van der Waals surface area (Å²) in [6.07, 6.45) is 5.39. The van der Waals surface area contributed by atoms with E-state index < -0.39 is 4.92 Å². The summed E-state index contributed by atoms with van der Waals surface area (Å²) in [4.78, 5) is 25.5. The van der Waals surface area contributed by atoms with E-state index >= 15 is 0 Å². The molecule has 0 spiro atoms. The molecule has 0 aliphatic carbocycles. The lowest BCUT2D eigenvalue weighted by atomic mass is 10.0. The van der Waals surface area contributed by atoms with E-state index in [1.54, 1.807) is 11.6 Å². The van der Waals surface area contributed by atoms with Crippen molar-refractivity contribution in [2.45, 2.75) is 42.6 Å². The number of carbonyl (C=O) groups is 1. The molecule has 0 saturated carbocycles. The first-order valence-electron chi connectivity index (χ1n) is 6.75. The van der Waals surface area contributed by atoms with Crippen molar-refractivity contribution >= 4 is 27.5 Å². The smallest absolute Gasteiger partial charge is 0.287 e. The van der Waals surface area contributed by atoms with Gasteiger partial charge in [0, 0.05) is 30.0 Å². The van der Waals surface area contributed by atoms with Crippen LogP contribution in [0, 0.1) is 10.1 Å². The van der Waals surface area contributed by atoms with Gasteiger partial charge in [0.05, 0.1) is 11.1 Å². The summed E-state index contributed by atoms with van der Waals surface area (Å²) in [5.74, 6) is -0.0764. The van der Waals surface area contributed by atoms with E-state index in [-0.39, 0.29) is 23.7 Å². The van der Waals surface area contributed by atoms with Gasteiger partial charge in [-0.1, -0.05) is 15.9 Å². The number of nitro groups is 1. The lowest BCUT2D eigenvalue weighted by molar-refractivity contribution is -0.384. The zero-order valence-corrected chi connectivity index (χ0v) is 12.7. The molecule has 2 atom stereocenters. The third-order valence-electron chi connectivity index (χ3n) is 4.33. The van der Waals surface area contributed by atoms with Gasteiger partial charge in [0.15, 0.2) is 0 Å². The third kappa shape index (κ3) is 2.13. The number of hydrogen-bond acceptors (Lipinski definition) is 3. The minimum atomic E-state index is -0.462. The van der Waals surface area contributed by atoms with Crippen molar-refractivity contribution in [3.05, 3.63) is 28.1 Å². The number of nitrogens with zero attached hydrogens (tertiary/aromatic N) is 3. The molecule has 1 amide bonds. The molecule has 20 heavy (non-hydrogen) atoms. The Hall–Kier alpha value is -1.37. The van der Waals surface area contributed by atoms with Gasteiger partial charge in [-0.3, -0.25) is 14.9 Å². The van der Waals surface area contributed by atoms with Crippen LogP contribution in [0.15, 0.2) is 12.3 Å². The summed E-state index contributed by atoms with van der Waals surface area (Å²) in [6, 6.07) is 1.90. The molecule has 3 rings (SSSR count). The van der Waals surface area contributed by atoms with Crippen molar-refractivity contribution in [1.82, 2.24) is 9.47 Å². The van der Waals surface area contributed by atoms with Gasteiger partial charge < -0.3 is 9.47 Å². The number of amides is 1. The number of aromatic nitrogens is 1. The van der Waals surface area contributed by atoms with Crippen LogP contribution in [0.3, 0.4) is 0 Å². The number of halogens is 1. The number of aryl methyl sites for hydroxylation is 1. The molecule has 2 aliphatic heterocycles. The molecule has 0 N–H and O–H groups in total. The Labute approximate surface area is 125 Å². The van der Waals surface area contributed by atoms with Crippen molar-refractivity contribution in [3.63, 3.8) is 0 Å². The Morgan fingerprint density at radius 3 is 2.50 bits per heavy atom. The second kappa shape index (κ2) is 4.87. The molecular formula is C13H16BrN3O3. The summed E-state index contributed by atoms with van der Waals surface area (Å²) in [5.41, 5.74) is 0.375. The second-order valence-electron chi connectivity index (χ2n) is 5.62. The van der Waals surface area contributed by atoms with Crippen molar-refractivity contribution in [3.8, 4) is 0 Å². The molecule has 2 aliphatic rings. The first kappa shape index (κ1) is 13.6. The highest BCUT2D eigenvalue weighted by atomic mass is 79.9. The Balaban J connectivity index is 1.88. The SMILES string of the molecule is Cn1cc([N+](=O)[O-])cc1C(=O)N1C2CCC1CC(Br)C2. The van der Waals surface area contributed by atoms with Gasteiger partial charge >= 0.3 is 0 Å². The van der Waals surface area contributed by atoms with Gasteiger partial charge in [0.2, 0.25) is 0 Å². The van der Waals surface area contributed by atoms with E-state index in [1.165, 1.54) is 12.3 Å². The lowest BCUT2D eigenvalue weighted by Gasteiger charge is -2.37. The zero-order valence-electron chi connectivity index (χ0n) is 11.2. The molecule has 1 aromatic rings. The highest BCUT2D eigenvalue weighted by Gasteiger charge is 2.43. The molecule has 3 heterocycles. The predicted molar refractivity (Wildman–Crippen MR) is 77.0 cm³/mol. The molecule has 0 aromatic carbocycles. The van der Waals surface area contributed by atoms with Crippen LogP contribution in [0.4, 0.5) is 5.69 Å². The number of piperidine rings is 1. The van der Waals surface area contributed by atoms with Crippen LogP contribution in [0.5, 0.6) is 0 Å². The summed E-state index contributed by atoms with van der Waals surface area (Å²) in [5, 5.41) is 10.8. The summed E-state index contributed by atoms with van der Waals surface area (Å²) >= 11 is 3.65. The maximum absolute atomic E-state index is 12.7. The zero-order chi connectivity index (χ0) is 14.4. The Bertz CT molecular complexity index is 557. The van der Waals surface area contributed by atoms with Crippen molar-refractivity contribution in [2.24, 2.45) is 7.05 Å². The monoisotopic (exact) mass is 341 g/mol. The molecule has 1 aromatic heterocycles. The first-order chi connectivity index (χ1) is 9.47. The fraction of sp³-hybridized carbons (Fsp3) is 0.615. The molecule has 7 heteroatoms. The second-order valence-corrected chi connectivity index (χ2v) is 6.91. The van der Waals surface area contributed by atoms with Gasteiger partial charge in [0.25, 0.3) is 11.6 Å². The third-order valence-corrected chi connectivity index (χ3v) is 5.08. The Morgan fingerprint density at radius 1 is 1.40 bits per heavy atom. The number of rotatable bonds is 2. The Morgan fingerprint density at radius 2 is 2.00 bits per heavy atom. The number of carbonyl (C=O) groups excluding carboxylic acids is 1. The van der Waals surface area contributed by atoms with E-state index in [4.69, 9.17) is 0 Å². The van der Waals surface area contributed by atoms with E-state index in [1.807, 2.05) is 4.90 Å². The lowest BCUT2D eigenvalue weighted by Crippen LogP contribution is -2.47. The van der Waals surface area contributed by atoms with Crippen LogP contribution in [-0.4, -0.2) is 37.2 Å². The van der Waals surface area contributed by atoms with Gasteiger partial charge in [-0.2, -0.15) is 0 Å². The highest BCUT2D eigenvalue weighted by Crippen LogP contribution is 2.39. The van der Waals surface area contributed by atoms with Gasteiger partial charge in [-0.05, 0) is 25.7 Å². The fourth-order valence-electron chi connectivity index (χ4n) is 3.43. The normalized spacial score (nSPS) is 28.7. The molecule has 6 nitrogen and oxygen atoms in total. The van der Waals surface area contributed by atoms with Gasteiger partial charge in [-0.25, -0.2) is 0 Å². The van der Waals surface area contributed by atoms with Crippen molar-refractivity contribution in [1.29, 1.82) is 0 Å². The predicted octanol–water partition coefficient (Wildman–Crippen LogP) is 2.46. The van der Waals surface area contributed by atoms with Crippen LogP contribution in [0.2, 0.25) is 0 Å². The topological polar surface area (TPSA) is 68.4 Å². The molecule has 2 bridgehead atoms. The molecule has 2 saturated heterocycles. The van der Waals surface area contributed by atoms with E-state index in [9.17, 15) is 14.9 Å². The maximum Gasteiger partial charge on any atom is 0.287 e. The van der Waals surface area contributed by atoms with E-state index in [0.717, 1.165) is 25.7 Å². The first-order valence-corrected chi connectivity index (χ1v) is 7.66. The molecule has 108 valence electrons. The summed E-state index contributed by atoms with van der Waals surface area (Å²) in [7, 11) is 1.68. The quantitative estimate of drug-likeness (QED) is 0.471. The maximum atomic E-state index is 12.7. The summed E-state index contributed by atoms with van der Waals surface area (Å²) < 4.78 is 1.56. The number of hydrogen-bond donors (Lipinski definition) is 0. The van der Waals surface area contributed by atoms with Gasteiger partial charge in [-0.15, -0.1) is 0 Å². The molecule has 0 radical (unpaired) electrons. The van der Waals surface area contributed by atoms with Crippen LogP contribution < -0.4 is 0 Å². The standard InChI is InChI=1S/C13H16BrN3O3/c1-15-7-11(17(19)20)6-12(15)13(18)16-9-2-3-10(16)5-8(14)4-9/h6-10H,2-5H2,1H3. The van der Waals surface area contributed by atoms with E-state index in [0.29, 0.717) is 10.5 Å². The average Bonchev–Trinajstić information content (AvgIpc) is 2.88. The average molecular weight is 342 g/mol. The van der Waals surface area contributed by atoms with Crippen molar-refractivity contribution < 1.29 is 9.72 Å². The highest BCUT2D eigenvalue weighted by molar-refractivity contribution is 9.09. The van der Waals surface area contributed by atoms with Crippen molar-refractivity contribution in [2.75, 3.05) is 0 Å². The van der Waals surface area contributed by atoms with Crippen LogP contribution in [0.1, 0.15) is 36.2 Å². The number of fused-ring (bicyclic) bond motifs is 2. The molecular weight excluding hydrogens is 326 g/mol. The molecule has 2 fully saturated rings. The number of alkyl halides is 1. The molecule has 2 unspecified atom stereocenters. The van der Waals surface area contributed by atoms with Crippen LogP contribution >= 0.6 is 15.9 Å². The van der Waals surface area contributed by atoms with Crippen LogP contribution in [0.25, 0.3) is 0 Å². The Kier molecular flexibility index (Phi) is 3.32. The van der Waals surface area contributed by atoms with Gasteiger partial charge in [0.1, 0.15) is 5.69 Å². The van der Waals surface area contributed by atoms with E-state index in [2.05, 4.69) is 15.9 Å². The minimum Gasteiger partial charge on any atom is -0.340 e. The largest absolute Gasteiger partial charge is 0.340 e.